The molecular formula is C15H16F3N5O3S. The zero-order chi connectivity index (χ0) is 19.4. The number of nitrogens with zero attached hydrogens (tertiary/aromatic N) is 1. The summed E-state index contributed by atoms with van der Waals surface area (Å²) in [7, 11) is 0. The van der Waals surface area contributed by atoms with E-state index in [2.05, 4.69) is 31.0 Å². The minimum absolute atomic E-state index is 0.214. The van der Waals surface area contributed by atoms with Crippen LogP contribution >= 0.6 is 11.3 Å². The molecule has 1 aliphatic heterocycles. The number of fused-ring (bicyclic) bond motifs is 1. The van der Waals surface area contributed by atoms with Crippen LogP contribution < -0.4 is 26.0 Å². The van der Waals surface area contributed by atoms with Crippen molar-refractivity contribution in [1.29, 1.82) is 0 Å². The van der Waals surface area contributed by atoms with Gasteiger partial charge in [-0.2, -0.15) is 0 Å². The molecule has 0 spiro atoms. The van der Waals surface area contributed by atoms with Gasteiger partial charge in [-0.1, -0.05) is 11.3 Å². The number of ether oxygens (including phenoxy) is 1. The largest absolute Gasteiger partial charge is 0.573 e. The maximum atomic E-state index is 12.3. The average molecular weight is 403 g/mol. The summed E-state index contributed by atoms with van der Waals surface area (Å²) in [5.74, 6) is -1.15. The fourth-order valence-electron chi connectivity index (χ4n) is 2.45. The van der Waals surface area contributed by atoms with Crippen LogP contribution in [0, 0.1) is 0 Å². The molecule has 0 aliphatic carbocycles. The third kappa shape index (κ3) is 5.52. The summed E-state index contributed by atoms with van der Waals surface area (Å²) in [5, 5.41) is 11.3. The number of halogens is 3. The molecule has 2 aromatic rings. The van der Waals surface area contributed by atoms with E-state index in [1.807, 2.05) is 0 Å². The zero-order valence-corrected chi connectivity index (χ0v) is 14.7. The first-order valence-corrected chi connectivity index (χ1v) is 8.80. The third-order valence-corrected chi connectivity index (χ3v) is 4.55. The smallest absolute Gasteiger partial charge is 0.406 e. The van der Waals surface area contributed by atoms with Crippen molar-refractivity contribution >= 4 is 38.5 Å². The number of carbonyl (C=O) groups is 2. The molecule has 1 aliphatic rings. The molecule has 0 radical (unpaired) electrons. The van der Waals surface area contributed by atoms with Gasteiger partial charge in [-0.3, -0.25) is 9.59 Å². The van der Waals surface area contributed by atoms with Gasteiger partial charge in [-0.25, -0.2) is 4.98 Å². The van der Waals surface area contributed by atoms with Gasteiger partial charge in [0.05, 0.1) is 22.8 Å². The lowest BCUT2D eigenvalue weighted by atomic mass is 10.2. The predicted molar refractivity (Wildman–Crippen MR) is 92.6 cm³/mol. The van der Waals surface area contributed by atoms with Gasteiger partial charge in [0, 0.05) is 25.7 Å². The number of hydrogen-bond acceptors (Lipinski definition) is 7. The highest BCUT2D eigenvalue weighted by Crippen LogP contribution is 2.31. The van der Waals surface area contributed by atoms with Gasteiger partial charge >= 0.3 is 6.36 Å². The number of aromatic nitrogens is 1. The number of anilines is 1. The molecule has 2 heterocycles. The Morgan fingerprint density at radius 1 is 1.33 bits per heavy atom. The van der Waals surface area contributed by atoms with Gasteiger partial charge in [-0.15, -0.1) is 13.2 Å². The number of alkyl halides is 3. The molecule has 0 unspecified atom stereocenters. The molecule has 1 atom stereocenters. The Morgan fingerprint density at radius 3 is 2.85 bits per heavy atom. The molecular weight excluding hydrogens is 387 g/mol. The van der Waals surface area contributed by atoms with E-state index in [9.17, 15) is 22.8 Å². The van der Waals surface area contributed by atoms with Crippen LogP contribution in [0.5, 0.6) is 5.75 Å². The van der Waals surface area contributed by atoms with E-state index in [4.69, 9.17) is 0 Å². The highest BCUT2D eigenvalue weighted by Gasteiger charge is 2.31. The summed E-state index contributed by atoms with van der Waals surface area (Å²) >= 11 is 1.00. The number of amides is 2. The van der Waals surface area contributed by atoms with Crippen LogP contribution in [0.3, 0.4) is 0 Å². The minimum atomic E-state index is -4.78. The number of thiazole rings is 1. The Balaban J connectivity index is 1.55. The maximum Gasteiger partial charge on any atom is 0.573 e. The summed E-state index contributed by atoms with van der Waals surface area (Å²) in [5.41, 5.74) is 0.423. The molecule has 0 bridgehead atoms. The third-order valence-electron chi connectivity index (χ3n) is 3.62. The van der Waals surface area contributed by atoms with E-state index in [0.717, 1.165) is 23.9 Å². The molecule has 3 rings (SSSR count). The van der Waals surface area contributed by atoms with Crippen LogP contribution in [0.2, 0.25) is 0 Å². The number of carbonyl (C=O) groups excluding carboxylic acids is 2. The van der Waals surface area contributed by atoms with Crippen LogP contribution in [0.4, 0.5) is 18.3 Å². The minimum Gasteiger partial charge on any atom is -0.406 e. The van der Waals surface area contributed by atoms with Crippen LogP contribution in [0.15, 0.2) is 18.2 Å². The van der Waals surface area contributed by atoms with Crippen LogP contribution in [-0.2, 0) is 9.59 Å². The molecule has 27 heavy (non-hydrogen) atoms. The van der Waals surface area contributed by atoms with Crippen LogP contribution in [-0.4, -0.2) is 55.4 Å². The van der Waals surface area contributed by atoms with Gasteiger partial charge in [0.1, 0.15) is 5.75 Å². The van der Waals surface area contributed by atoms with E-state index in [1.165, 1.54) is 12.1 Å². The number of rotatable bonds is 5. The fraction of sp³-hybridized carbons (Fsp3) is 0.400. The monoisotopic (exact) mass is 403 g/mol. The van der Waals surface area contributed by atoms with Crippen molar-refractivity contribution in [2.75, 3.05) is 31.5 Å². The Kier molecular flexibility index (Phi) is 5.77. The normalized spacial score (nSPS) is 17.5. The molecule has 4 N–H and O–H groups in total. The van der Waals surface area contributed by atoms with Crippen molar-refractivity contribution in [1.82, 2.24) is 20.9 Å². The van der Waals surface area contributed by atoms with E-state index >= 15 is 0 Å². The Morgan fingerprint density at radius 2 is 2.15 bits per heavy atom. The number of nitrogens with one attached hydrogen (secondary N) is 4. The highest BCUT2D eigenvalue weighted by atomic mass is 32.1. The first-order chi connectivity index (χ1) is 12.8. The molecule has 1 aromatic carbocycles. The van der Waals surface area contributed by atoms with E-state index in [1.54, 1.807) is 0 Å². The molecule has 2 amide bonds. The fourth-order valence-corrected chi connectivity index (χ4v) is 3.36. The second kappa shape index (κ2) is 8.06. The summed E-state index contributed by atoms with van der Waals surface area (Å²) < 4.78 is 41.1. The van der Waals surface area contributed by atoms with Crippen molar-refractivity contribution in [3.8, 4) is 5.75 Å². The maximum absolute atomic E-state index is 12.3. The second-order valence-corrected chi connectivity index (χ2v) is 6.70. The first kappa shape index (κ1) is 19.3. The quantitative estimate of drug-likeness (QED) is 0.589. The Bertz CT molecular complexity index is 836. The second-order valence-electron chi connectivity index (χ2n) is 5.67. The molecule has 1 aromatic heterocycles. The summed E-state index contributed by atoms with van der Waals surface area (Å²) in [6, 6.07) is 3.30. The lowest BCUT2D eigenvalue weighted by Gasteiger charge is -2.23. The lowest BCUT2D eigenvalue weighted by molar-refractivity contribution is -0.274. The predicted octanol–water partition coefficient (Wildman–Crippen LogP) is 0.811. The summed E-state index contributed by atoms with van der Waals surface area (Å²) in [6.07, 6.45) is -4.78. The number of piperazine rings is 1. The molecule has 1 fully saturated rings. The van der Waals surface area contributed by atoms with Gasteiger partial charge in [0.25, 0.3) is 0 Å². The van der Waals surface area contributed by atoms with Crippen molar-refractivity contribution in [3.05, 3.63) is 18.2 Å². The molecule has 1 saturated heterocycles. The zero-order valence-electron chi connectivity index (χ0n) is 13.9. The average Bonchev–Trinajstić information content (AvgIpc) is 3.00. The van der Waals surface area contributed by atoms with Crippen molar-refractivity contribution < 1.29 is 27.5 Å². The number of benzene rings is 1. The summed E-state index contributed by atoms with van der Waals surface area (Å²) in [6.45, 7) is 1.68. The van der Waals surface area contributed by atoms with Gasteiger partial charge in [0.15, 0.2) is 5.13 Å². The lowest BCUT2D eigenvalue weighted by Crippen LogP contribution is -2.56. The van der Waals surface area contributed by atoms with Gasteiger partial charge < -0.3 is 26.0 Å². The first-order valence-electron chi connectivity index (χ1n) is 7.98. The Hall–Kier alpha value is -2.44. The SMILES string of the molecule is O=C(CNC(=O)[C@@H]1CNCCN1)Nc1nc2ccc(OC(F)(F)F)cc2s1. The van der Waals surface area contributed by atoms with Gasteiger partial charge in [0.2, 0.25) is 11.8 Å². The van der Waals surface area contributed by atoms with E-state index < -0.39 is 18.3 Å². The molecule has 12 heteroatoms. The van der Waals surface area contributed by atoms with Crippen molar-refractivity contribution in [2.45, 2.75) is 12.4 Å². The van der Waals surface area contributed by atoms with Crippen LogP contribution in [0.25, 0.3) is 10.2 Å². The van der Waals surface area contributed by atoms with Crippen LogP contribution in [0.1, 0.15) is 0 Å². The van der Waals surface area contributed by atoms with E-state index in [-0.39, 0.29) is 23.3 Å². The summed E-state index contributed by atoms with van der Waals surface area (Å²) in [4.78, 5) is 28.0. The Labute approximate surface area is 155 Å². The molecule has 8 nitrogen and oxygen atoms in total. The number of hydrogen-bond donors (Lipinski definition) is 4. The van der Waals surface area contributed by atoms with E-state index in [0.29, 0.717) is 23.3 Å². The van der Waals surface area contributed by atoms with Crippen molar-refractivity contribution in [3.63, 3.8) is 0 Å². The van der Waals surface area contributed by atoms with Crippen molar-refractivity contribution in [2.24, 2.45) is 0 Å². The highest BCUT2D eigenvalue weighted by molar-refractivity contribution is 7.22. The topological polar surface area (TPSA) is 104 Å². The molecule has 146 valence electrons. The molecule has 0 saturated carbocycles. The van der Waals surface area contributed by atoms with Gasteiger partial charge in [-0.05, 0) is 12.1 Å². The standard InChI is InChI=1S/C15H16F3N5O3S/c16-15(17,18)26-8-1-2-9-11(5-8)27-14(22-9)23-12(24)7-21-13(25)10-6-19-3-4-20-10/h1-2,5,10,19-20H,3-4,6-7H2,(H,21,25)(H,22,23,24)/t10-/m0/s1.